The van der Waals surface area contributed by atoms with Crippen molar-refractivity contribution in [3.05, 3.63) is 67.2 Å². The van der Waals surface area contributed by atoms with E-state index >= 15 is 0 Å². The molecule has 21 heavy (non-hydrogen) atoms. The number of amides is 1. The lowest BCUT2D eigenvalue weighted by molar-refractivity contribution is 0.0939. The average Bonchev–Trinajstić information content (AvgIpc) is 2.44. The summed E-state index contributed by atoms with van der Waals surface area (Å²) in [5.41, 5.74) is 1.00. The zero-order chi connectivity index (χ0) is 15.6. The molecule has 0 fully saturated rings. The zero-order valence-corrected chi connectivity index (χ0v) is 14.7. The molecule has 0 heterocycles. The van der Waals surface area contributed by atoms with E-state index in [1.165, 1.54) is 6.07 Å². The van der Waals surface area contributed by atoms with E-state index in [1.807, 2.05) is 6.07 Å². The number of carbonyl (C=O) groups excluding carboxylic acids is 1. The summed E-state index contributed by atoms with van der Waals surface area (Å²) in [6, 6.07) is 8.57. The Balaban J connectivity index is 2.18. The molecule has 110 valence electrons. The molecule has 6 heteroatoms. The van der Waals surface area contributed by atoms with Crippen molar-refractivity contribution in [2.45, 2.75) is 13.0 Å². The third-order valence-electron chi connectivity index (χ3n) is 2.96. The second-order valence-electron chi connectivity index (χ2n) is 4.49. The first kappa shape index (κ1) is 16.4. The van der Waals surface area contributed by atoms with E-state index in [0.717, 1.165) is 15.7 Å². The van der Waals surface area contributed by atoms with Crippen LogP contribution < -0.4 is 5.32 Å². The first-order chi connectivity index (χ1) is 9.88. The smallest absolute Gasteiger partial charge is 0.252 e. The molecule has 2 nitrogen and oxygen atoms in total. The largest absolute Gasteiger partial charge is 0.345 e. The summed E-state index contributed by atoms with van der Waals surface area (Å²) in [5, 5.41) is 2.77. The van der Waals surface area contributed by atoms with Gasteiger partial charge in [0.15, 0.2) is 11.6 Å². The van der Waals surface area contributed by atoms with Crippen molar-refractivity contribution in [2.24, 2.45) is 0 Å². The van der Waals surface area contributed by atoms with Crippen LogP contribution in [0.2, 0.25) is 0 Å². The predicted octanol–water partition coefficient (Wildman–Crippen LogP) is 4.82. The quantitative estimate of drug-likeness (QED) is 0.647. The predicted molar refractivity (Wildman–Crippen MR) is 89.1 cm³/mol. The van der Waals surface area contributed by atoms with E-state index < -0.39 is 17.7 Å². The van der Waals surface area contributed by atoms with Gasteiger partial charge in [-0.2, -0.15) is 0 Å². The fourth-order valence-electron chi connectivity index (χ4n) is 1.81. The summed E-state index contributed by atoms with van der Waals surface area (Å²) in [6.45, 7) is 1.71. The zero-order valence-electron chi connectivity index (χ0n) is 11.0. The van der Waals surface area contributed by atoms with Crippen molar-refractivity contribution in [1.29, 1.82) is 0 Å². The average molecular weight is 466 g/mol. The number of halogens is 4. The minimum atomic E-state index is -0.927. The Labute approximate surface area is 143 Å². The molecule has 1 unspecified atom stereocenters. The SMILES string of the molecule is CC(NC(=O)c1cc(I)ccc1Br)c1ccc(F)c(F)c1. The number of nitrogens with one attached hydrogen (secondary N) is 1. The van der Waals surface area contributed by atoms with E-state index in [4.69, 9.17) is 0 Å². The summed E-state index contributed by atoms with van der Waals surface area (Å²) in [7, 11) is 0. The lowest BCUT2D eigenvalue weighted by atomic mass is 10.1. The van der Waals surface area contributed by atoms with Crippen LogP contribution in [0, 0.1) is 15.2 Å². The molecule has 1 atom stereocenters. The molecule has 0 saturated heterocycles. The van der Waals surface area contributed by atoms with Crippen LogP contribution in [0.15, 0.2) is 40.9 Å². The Morgan fingerprint density at radius 1 is 1.19 bits per heavy atom. The minimum absolute atomic E-state index is 0.280. The van der Waals surface area contributed by atoms with E-state index in [2.05, 4.69) is 43.8 Å². The van der Waals surface area contributed by atoms with E-state index in [1.54, 1.807) is 19.1 Å². The summed E-state index contributed by atoms with van der Waals surface area (Å²) in [4.78, 5) is 12.2. The Kier molecular flexibility index (Phi) is 5.32. The molecular formula is C15H11BrF2INO. The van der Waals surface area contributed by atoms with Crippen LogP contribution in [0.4, 0.5) is 8.78 Å². The van der Waals surface area contributed by atoms with E-state index in [-0.39, 0.29) is 5.91 Å². The van der Waals surface area contributed by atoms with Crippen LogP contribution in [0.3, 0.4) is 0 Å². The molecular weight excluding hydrogens is 455 g/mol. The van der Waals surface area contributed by atoms with Crippen molar-refractivity contribution >= 4 is 44.4 Å². The normalized spacial score (nSPS) is 12.0. The first-order valence-electron chi connectivity index (χ1n) is 6.09. The highest BCUT2D eigenvalue weighted by molar-refractivity contribution is 14.1. The van der Waals surface area contributed by atoms with Crippen LogP contribution in [-0.2, 0) is 0 Å². The van der Waals surface area contributed by atoms with E-state index in [0.29, 0.717) is 15.6 Å². The number of hydrogen-bond donors (Lipinski definition) is 1. The number of carbonyl (C=O) groups is 1. The van der Waals surface area contributed by atoms with Gasteiger partial charge in [0.1, 0.15) is 0 Å². The maximum absolute atomic E-state index is 13.2. The Hall–Kier alpha value is -1.02. The maximum Gasteiger partial charge on any atom is 0.252 e. The van der Waals surface area contributed by atoms with Gasteiger partial charge in [-0.25, -0.2) is 8.78 Å². The standard InChI is InChI=1S/C15H11BrF2INO/c1-8(9-2-5-13(17)14(18)6-9)20-15(21)11-7-10(19)3-4-12(11)16/h2-8H,1H3,(H,20,21). The molecule has 1 N–H and O–H groups in total. The fourth-order valence-corrected chi connectivity index (χ4v) is 2.73. The summed E-state index contributed by atoms with van der Waals surface area (Å²) >= 11 is 5.44. The molecule has 0 radical (unpaired) electrons. The molecule has 0 aliphatic rings. The van der Waals surface area contributed by atoms with Gasteiger partial charge in [0.2, 0.25) is 0 Å². The highest BCUT2D eigenvalue weighted by atomic mass is 127. The van der Waals surface area contributed by atoms with E-state index in [9.17, 15) is 13.6 Å². The van der Waals surface area contributed by atoms with Crippen LogP contribution in [0.5, 0.6) is 0 Å². The Bertz CT molecular complexity index is 693. The molecule has 0 aliphatic heterocycles. The molecule has 0 aromatic heterocycles. The van der Waals surface area contributed by atoms with Gasteiger partial charge in [0.25, 0.3) is 5.91 Å². The van der Waals surface area contributed by atoms with Crippen LogP contribution in [-0.4, -0.2) is 5.91 Å². The van der Waals surface area contributed by atoms with Gasteiger partial charge >= 0.3 is 0 Å². The highest BCUT2D eigenvalue weighted by Crippen LogP contribution is 2.21. The summed E-state index contributed by atoms with van der Waals surface area (Å²) in [6.07, 6.45) is 0. The molecule has 1 amide bonds. The van der Waals surface area contributed by atoms with Gasteiger partial charge in [-0.1, -0.05) is 6.07 Å². The van der Waals surface area contributed by atoms with Crippen molar-refractivity contribution in [2.75, 3.05) is 0 Å². The van der Waals surface area contributed by atoms with Crippen molar-refractivity contribution in [3.8, 4) is 0 Å². The van der Waals surface area contributed by atoms with Gasteiger partial charge < -0.3 is 5.32 Å². The first-order valence-corrected chi connectivity index (χ1v) is 7.96. The number of hydrogen-bond acceptors (Lipinski definition) is 1. The number of benzene rings is 2. The molecule has 2 aromatic rings. The van der Waals surface area contributed by atoms with Crippen LogP contribution in [0.25, 0.3) is 0 Å². The van der Waals surface area contributed by atoms with Gasteiger partial charge in [-0.15, -0.1) is 0 Å². The number of rotatable bonds is 3. The molecule has 0 aliphatic carbocycles. The van der Waals surface area contributed by atoms with Gasteiger partial charge in [0.05, 0.1) is 11.6 Å². The lowest BCUT2D eigenvalue weighted by Crippen LogP contribution is -2.27. The Morgan fingerprint density at radius 2 is 1.90 bits per heavy atom. The Morgan fingerprint density at radius 3 is 2.57 bits per heavy atom. The van der Waals surface area contributed by atoms with Gasteiger partial charge in [-0.3, -0.25) is 4.79 Å². The van der Waals surface area contributed by atoms with Crippen LogP contribution in [0.1, 0.15) is 28.9 Å². The monoisotopic (exact) mass is 465 g/mol. The van der Waals surface area contributed by atoms with Crippen LogP contribution >= 0.6 is 38.5 Å². The van der Waals surface area contributed by atoms with Gasteiger partial charge in [-0.05, 0) is 81.3 Å². The van der Waals surface area contributed by atoms with Gasteiger partial charge in [0, 0.05) is 8.04 Å². The lowest BCUT2D eigenvalue weighted by Gasteiger charge is -2.15. The highest BCUT2D eigenvalue weighted by Gasteiger charge is 2.15. The maximum atomic E-state index is 13.2. The summed E-state index contributed by atoms with van der Waals surface area (Å²) < 4.78 is 27.7. The molecule has 0 spiro atoms. The third-order valence-corrected chi connectivity index (χ3v) is 4.33. The molecule has 0 bridgehead atoms. The molecule has 2 aromatic carbocycles. The molecule has 2 rings (SSSR count). The third kappa shape index (κ3) is 4.00. The molecule has 0 saturated carbocycles. The second kappa shape index (κ2) is 6.83. The minimum Gasteiger partial charge on any atom is -0.345 e. The fraction of sp³-hybridized carbons (Fsp3) is 0.133. The van der Waals surface area contributed by atoms with Crippen molar-refractivity contribution < 1.29 is 13.6 Å². The topological polar surface area (TPSA) is 29.1 Å². The second-order valence-corrected chi connectivity index (χ2v) is 6.59. The summed E-state index contributed by atoms with van der Waals surface area (Å²) in [5.74, 6) is -2.11. The van der Waals surface area contributed by atoms with Crippen molar-refractivity contribution in [1.82, 2.24) is 5.32 Å². The van der Waals surface area contributed by atoms with Crippen molar-refractivity contribution in [3.63, 3.8) is 0 Å².